The van der Waals surface area contributed by atoms with Crippen molar-refractivity contribution in [3.8, 4) is 11.5 Å². The molecule has 84 valence electrons. The van der Waals surface area contributed by atoms with Crippen molar-refractivity contribution in [1.82, 2.24) is 0 Å². The highest BCUT2D eigenvalue weighted by atomic mass is 16.5. The number of carbonyl (C=O) groups is 1. The zero-order chi connectivity index (χ0) is 11.8. The van der Waals surface area contributed by atoms with Crippen LogP contribution in [-0.2, 0) is 0 Å². The third-order valence-electron chi connectivity index (χ3n) is 1.60. The van der Waals surface area contributed by atoms with Crippen LogP contribution in [0.2, 0.25) is 0 Å². The first-order valence-corrected chi connectivity index (χ1v) is 4.63. The predicted octanol–water partition coefficient (Wildman–Crippen LogP) is 2.43. The minimum atomic E-state index is -1.00. The molecule has 0 unspecified atom stereocenters. The van der Waals surface area contributed by atoms with E-state index in [0.29, 0.717) is 11.5 Å². The third-order valence-corrected chi connectivity index (χ3v) is 1.60. The first-order chi connectivity index (χ1) is 7.17. The van der Waals surface area contributed by atoms with Gasteiger partial charge in [-0.05, 0) is 12.1 Å². The molecule has 1 aromatic carbocycles. The molecule has 0 amide bonds. The lowest BCUT2D eigenvalue weighted by molar-refractivity contribution is 0.0696. The summed E-state index contributed by atoms with van der Waals surface area (Å²) in [5, 5.41) is 8.71. The number of rotatable bonds is 3. The minimum Gasteiger partial charge on any atom is -0.497 e. The highest BCUT2D eigenvalue weighted by Gasteiger charge is 2.07. The van der Waals surface area contributed by atoms with Gasteiger partial charge >= 0.3 is 5.97 Å². The lowest BCUT2D eigenvalue weighted by atomic mass is 10.2. The maximum absolute atomic E-state index is 10.6. The minimum absolute atomic E-state index is 0.149. The zero-order valence-corrected chi connectivity index (χ0v) is 9.40. The monoisotopic (exact) mass is 212 g/mol. The maximum atomic E-state index is 10.6. The Bertz CT molecular complexity index is 298. The van der Waals surface area contributed by atoms with E-state index in [1.807, 2.05) is 13.8 Å². The Kier molecular flexibility index (Phi) is 5.94. The number of hydrogen-bond acceptors (Lipinski definition) is 3. The molecule has 0 fully saturated rings. The molecule has 0 saturated carbocycles. The summed E-state index contributed by atoms with van der Waals surface area (Å²) in [6.07, 6.45) is 0. The van der Waals surface area contributed by atoms with Gasteiger partial charge < -0.3 is 14.6 Å². The molecule has 15 heavy (non-hydrogen) atoms. The molecule has 0 aliphatic heterocycles. The van der Waals surface area contributed by atoms with Gasteiger partial charge in [-0.25, -0.2) is 4.79 Å². The highest BCUT2D eigenvalue weighted by molar-refractivity contribution is 5.88. The van der Waals surface area contributed by atoms with E-state index in [0.717, 1.165) is 0 Å². The standard InChI is InChI=1S/C9H10O4.C2H6/c1-12-7-3-6(9(10)11)4-8(5-7)13-2;1-2/h3-5H,1-2H3,(H,10,11);1-2H3. The number of aromatic carboxylic acids is 1. The Morgan fingerprint density at radius 1 is 1.07 bits per heavy atom. The fourth-order valence-corrected chi connectivity index (χ4v) is 0.931. The third kappa shape index (κ3) is 3.89. The fourth-order valence-electron chi connectivity index (χ4n) is 0.931. The van der Waals surface area contributed by atoms with Crippen molar-refractivity contribution in [3.63, 3.8) is 0 Å². The second-order valence-electron chi connectivity index (χ2n) is 2.41. The van der Waals surface area contributed by atoms with Gasteiger partial charge in [-0.2, -0.15) is 0 Å². The zero-order valence-electron chi connectivity index (χ0n) is 9.40. The topological polar surface area (TPSA) is 55.8 Å². The summed E-state index contributed by atoms with van der Waals surface area (Å²) in [4.78, 5) is 10.6. The van der Waals surface area contributed by atoms with E-state index in [1.165, 1.54) is 26.4 Å². The van der Waals surface area contributed by atoms with Crippen molar-refractivity contribution in [2.45, 2.75) is 13.8 Å². The van der Waals surface area contributed by atoms with Crippen molar-refractivity contribution >= 4 is 5.97 Å². The molecular formula is C11H16O4. The first kappa shape index (κ1) is 13.3. The van der Waals surface area contributed by atoms with E-state index in [-0.39, 0.29) is 5.56 Å². The molecule has 0 aliphatic carbocycles. The summed E-state index contributed by atoms with van der Waals surface area (Å²) in [6.45, 7) is 4.00. The predicted molar refractivity (Wildman–Crippen MR) is 57.9 cm³/mol. The molecule has 1 aromatic rings. The number of carboxylic acid groups (broad SMARTS) is 1. The van der Waals surface area contributed by atoms with E-state index in [4.69, 9.17) is 14.6 Å². The second-order valence-corrected chi connectivity index (χ2v) is 2.41. The van der Waals surface area contributed by atoms with Crippen LogP contribution in [-0.4, -0.2) is 25.3 Å². The molecule has 0 radical (unpaired) electrons. The molecule has 0 aromatic heterocycles. The molecule has 0 atom stereocenters. The molecular weight excluding hydrogens is 196 g/mol. The van der Waals surface area contributed by atoms with Crippen molar-refractivity contribution < 1.29 is 19.4 Å². The van der Waals surface area contributed by atoms with Crippen LogP contribution in [0.4, 0.5) is 0 Å². The number of ether oxygens (including phenoxy) is 2. The molecule has 0 spiro atoms. The van der Waals surface area contributed by atoms with Crippen molar-refractivity contribution in [3.05, 3.63) is 23.8 Å². The Morgan fingerprint density at radius 3 is 1.73 bits per heavy atom. The van der Waals surface area contributed by atoms with Gasteiger partial charge in [-0.3, -0.25) is 0 Å². The van der Waals surface area contributed by atoms with Crippen molar-refractivity contribution in [2.24, 2.45) is 0 Å². The van der Waals surface area contributed by atoms with Crippen LogP contribution < -0.4 is 9.47 Å². The van der Waals surface area contributed by atoms with Gasteiger partial charge in [0.2, 0.25) is 0 Å². The van der Waals surface area contributed by atoms with E-state index in [2.05, 4.69) is 0 Å². The molecule has 0 aliphatic rings. The lowest BCUT2D eigenvalue weighted by Gasteiger charge is -2.05. The summed E-state index contributed by atoms with van der Waals surface area (Å²) in [5.41, 5.74) is 0.149. The van der Waals surface area contributed by atoms with E-state index >= 15 is 0 Å². The van der Waals surface area contributed by atoms with E-state index < -0.39 is 5.97 Å². The summed E-state index contributed by atoms with van der Waals surface area (Å²) < 4.78 is 9.81. The number of hydrogen-bond donors (Lipinski definition) is 1. The quantitative estimate of drug-likeness (QED) is 0.836. The first-order valence-electron chi connectivity index (χ1n) is 4.63. The largest absolute Gasteiger partial charge is 0.497 e. The molecule has 0 saturated heterocycles. The highest BCUT2D eigenvalue weighted by Crippen LogP contribution is 2.22. The van der Waals surface area contributed by atoms with Crippen LogP contribution in [0.3, 0.4) is 0 Å². The summed E-state index contributed by atoms with van der Waals surface area (Å²) >= 11 is 0. The van der Waals surface area contributed by atoms with Crippen LogP contribution in [0.5, 0.6) is 11.5 Å². The Hall–Kier alpha value is -1.71. The van der Waals surface area contributed by atoms with Crippen LogP contribution in [0.15, 0.2) is 18.2 Å². The molecule has 0 heterocycles. The van der Waals surface area contributed by atoms with Gasteiger partial charge in [0.25, 0.3) is 0 Å². The molecule has 1 rings (SSSR count). The number of benzene rings is 1. The fraction of sp³-hybridized carbons (Fsp3) is 0.364. The van der Waals surface area contributed by atoms with E-state index in [9.17, 15) is 4.79 Å². The van der Waals surface area contributed by atoms with Crippen molar-refractivity contribution in [2.75, 3.05) is 14.2 Å². The van der Waals surface area contributed by atoms with Gasteiger partial charge in [0, 0.05) is 6.07 Å². The van der Waals surface area contributed by atoms with Crippen LogP contribution in [0.25, 0.3) is 0 Å². The Labute approximate surface area is 89.4 Å². The van der Waals surface area contributed by atoms with Gasteiger partial charge in [0.15, 0.2) is 0 Å². The average Bonchev–Trinajstić information content (AvgIpc) is 2.30. The molecule has 4 heteroatoms. The van der Waals surface area contributed by atoms with Crippen LogP contribution >= 0.6 is 0 Å². The summed E-state index contributed by atoms with van der Waals surface area (Å²) in [5.74, 6) is -0.0642. The Morgan fingerprint density at radius 2 is 1.47 bits per heavy atom. The molecule has 1 N–H and O–H groups in total. The number of methoxy groups -OCH3 is 2. The Balaban J connectivity index is 0.000000921. The number of carboxylic acids is 1. The van der Waals surface area contributed by atoms with E-state index in [1.54, 1.807) is 6.07 Å². The smallest absolute Gasteiger partial charge is 0.335 e. The average molecular weight is 212 g/mol. The van der Waals surface area contributed by atoms with Gasteiger partial charge in [0.05, 0.1) is 19.8 Å². The second kappa shape index (κ2) is 6.70. The maximum Gasteiger partial charge on any atom is 0.335 e. The summed E-state index contributed by atoms with van der Waals surface area (Å²) in [7, 11) is 2.95. The van der Waals surface area contributed by atoms with Gasteiger partial charge in [-0.1, -0.05) is 13.8 Å². The SMILES string of the molecule is CC.COc1cc(OC)cc(C(=O)O)c1. The molecule has 4 nitrogen and oxygen atoms in total. The molecule has 0 bridgehead atoms. The van der Waals surface area contributed by atoms with Crippen molar-refractivity contribution in [1.29, 1.82) is 0 Å². The van der Waals surface area contributed by atoms with Crippen LogP contribution in [0, 0.1) is 0 Å². The lowest BCUT2D eigenvalue weighted by Crippen LogP contribution is -1.98. The summed E-state index contributed by atoms with van der Waals surface area (Å²) in [6, 6.07) is 4.49. The van der Waals surface area contributed by atoms with Crippen LogP contribution in [0.1, 0.15) is 24.2 Å². The van der Waals surface area contributed by atoms with Gasteiger partial charge in [0.1, 0.15) is 11.5 Å². The van der Waals surface area contributed by atoms with Gasteiger partial charge in [-0.15, -0.1) is 0 Å². The normalized spacial score (nSPS) is 8.53.